The summed E-state index contributed by atoms with van der Waals surface area (Å²) in [6, 6.07) is 1.67. The van der Waals surface area contributed by atoms with Crippen LogP contribution in [0.25, 0.3) is 0 Å². The molecule has 0 saturated carbocycles. The van der Waals surface area contributed by atoms with Gasteiger partial charge in [0.25, 0.3) is 10.0 Å². The van der Waals surface area contributed by atoms with Crippen molar-refractivity contribution in [1.29, 1.82) is 0 Å². The molecule has 1 aromatic rings. The van der Waals surface area contributed by atoms with Crippen molar-refractivity contribution >= 4 is 21.4 Å². The highest BCUT2D eigenvalue weighted by atomic mass is 32.2. The summed E-state index contributed by atoms with van der Waals surface area (Å²) >= 11 is 1.22. The van der Waals surface area contributed by atoms with Crippen molar-refractivity contribution < 1.29 is 8.42 Å². The summed E-state index contributed by atoms with van der Waals surface area (Å²) in [5, 5.41) is 6.21. The second-order valence-corrected chi connectivity index (χ2v) is 6.09. The topological polar surface area (TPSA) is 61.4 Å². The van der Waals surface area contributed by atoms with Gasteiger partial charge in [0, 0.05) is 20.6 Å². The molecule has 0 unspecified atom stereocenters. The second-order valence-electron chi connectivity index (χ2n) is 3.29. The van der Waals surface area contributed by atoms with Crippen molar-refractivity contribution in [2.24, 2.45) is 0 Å². The normalized spacial score (nSPS) is 12.3. The molecule has 15 heavy (non-hydrogen) atoms. The zero-order valence-corrected chi connectivity index (χ0v) is 10.6. The van der Waals surface area contributed by atoms with E-state index in [0.29, 0.717) is 10.8 Å². The molecule has 0 aromatic carbocycles. The van der Waals surface area contributed by atoms with E-state index in [4.69, 9.17) is 0 Å². The van der Waals surface area contributed by atoms with Crippen molar-refractivity contribution in [3.63, 3.8) is 0 Å². The summed E-state index contributed by atoms with van der Waals surface area (Å²) in [6.07, 6.45) is 0. The fourth-order valence-corrected chi connectivity index (χ4v) is 3.35. The minimum Gasteiger partial charge on any atom is -0.316 e. The molecule has 1 heterocycles. The van der Waals surface area contributed by atoms with Gasteiger partial charge in [0.15, 0.2) is 0 Å². The van der Waals surface area contributed by atoms with Crippen LogP contribution in [0.1, 0.15) is 5.56 Å². The van der Waals surface area contributed by atoms with E-state index in [0.717, 1.165) is 5.56 Å². The summed E-state index contributed by atoms with van der Waals surface area (Å²) in [5.74, 6) is 0. The Labute approximate surface area is 94.1 Å². The Morgan fingerprint density at radius 2 is 2.13 bits per heavy atom. The molecule has 2 N–H and O–H groups in total. The number of nitrogens with zero attached hydrogens (tertiary/aromatic N) is 1. The first-order valence-electron chi connectivity index (χ1n) is 4.37. The predicted octanol–water partition coefficient (Wildman–Crippen LogP) is 0.222. The van der Waals surface area contributed by atoms with Crippen LogP contribution in [0, 0.1) is 0 Å². The minimum absolute atomic E-state index is 0.335. The van der Waals surface area contributed by atoms with E-state index in [2.05, 4.69) is 10.1 Å². The summed E-state index contributed by atoms with van der Waals surface area (Å²) in [7, 11) is 1.71. The number of hydrogen-bond acceptors (Lipinski definition) is 5. The summed E-state index contributed by atoms with van der Waals surface area (Å²) in [6.45, 7) is 0.675. The van der Waals surface area contributed by atoms with Crippen LogP contribution in [-0.4, -0.2) is 34.6 Å². The molecule has 0 atom stereocenters. The Hall–Kier alpha value is -0.470. The third-order valence-electron chi connectivity index (χ3n) is 1.58. The highest BCUT2D eigenvalue weighted by Crippen LogP contribution is 2.19. The highest BCUT2D eigenvalue weighted by Gasteiger charge is 2.16. The molecule has 0 saturated heterocycles. The number of sulfonamides is 1. The Balaban J connectivity index is 2.86. The predicted molar refractivity (Wildman–Crippen MR) is 61.1 cm³/mol. The third-order valence-corrected chi connectivity index (χ3v) is 4.55. The zero-order chi connectivity index (χ0) is 11.5. The van der Waals surface area contributed by atoms with Gasteiger partial charge in [-0.3, -0.25) is 0 Å². The number of hydrogen-bond donors (Lipinski definition) is 2. The average Bonchev–Trinajstić information content (AvgIpc) is 2.51. The van der Waals surface area contributed by atoms with Crippen molar-refractivity contribution in [3.8, 4) is 0 Å². The van der Waals surface area contributed by atoms with Gasteiger partial charge in [-0.1, -0.05) is 0 Å². The van der Waals surface area contributed by atoms with Crippen LogP contribution < -0.4 is 10.1 Å². The van der Waals surface area contributed by atoms with Crippen LogP contribution in [0.2, 0.25) is 0 Å². The van der Waals surface area contributed by atoms with E-state index in [9.17, 15) is 8.42 Å². The van der Waals surface area contributed by atoms with Gasteiger partial charge in [0.1, 0.15) is 4.21 Å². The molecule has 0 radical (unpaired) electrons. The number of rotatable bonds is 5. The first-order valence-corrected chi connectivity index (χ1v) is 6.74. The Morgan fingerprint density at radius 3 is 2.67 bits per heavy atom. The van der Waals surface area contributed by atoms with Gasteiger partial charge in [-0.05, 0) is 24.1 Å². The third kappa shape index (κ3) is 3.54. The maximum Gasteiger partial charge on any atom is 0.262 e. The van der Waals surface area contributed by atoms with E-state index >= 15 is 0 Å². The largest absolute Gasteiger partial charge is 0.316 e. The molecular formula is C8H15N3O2S2. The molecule has 0 aliphatic carbocycles. The van der Waals surface area contributed by atoms with E-state index in [1.54, 1.807) is 20.2 Å². The fourth-order valence-electron chi connectivity index (χ4n) is 1.08. The van der Waals surface area contributed by atoms with Gasteiger partial charge in [-0.25, -0.2) is 13.4 Å². The van der Waals surface area contributed by atoms with E-state index in [1.807, 2.05) is 12.4 Å². The molecule has 7 heteroatoms. The van der Waals surface area contributed by atoms with Gasteiger partial charge < -0.3 is 5.32 Å². The number of nitrogens with one attached hydrogen (secondary N) is 2. The van der Waals surface area contributed by atoms with Crippen LogP contribution in [0.3, 0.4) is 0 Å². The van der Waals surface area contributed by atoms with Gasteiger partial charge >= 0.3 is 0 Å². The molecule has 0 fully saturated rings. The Kier molecular flexibility index (Phi) is 4.23. The molecule has 5 nitrogen and oxygen atoms in total. The lowest BCUT2D eigenvalue weighted by Gasteiger charge is -2.10. The van der Waals surface area contributed by atoms with Gasteiger partial charge in [0.2, 0.25) is 0 Å². The molecule has 0 amide bonds. The molecular weight excluding hydrogens is 234 g/mol. The lowest BCUT2D eigenvalue weighted by atomic mass is 10.3. The van der Waals surface area contributed by atoms with E-state index in [1.165, 1.54) is 16.3 Å². The maximum absolute atomic E-state index is 11.7. The number of thiophene rings is 1. The van der Waals surface area contributed by atoms with Gasteiger partial charge in [0.05, 0.1) is 0 Å². The lowest BCUT2D eigenvalue weighted by Crippen LogP contribution is -2.35. The van der Waals surface area contributed by atoms with Crippen LogP contribution in [0.15, 0.2) is 15.7 Å². The first kappa shape index (κ1) is 12.6. The minimum atomic E-state index is -3.39. The molecule has 1 aromatic heterocycles. The summed E-state index contributed by atoms with van der Waals surface area (Å²) < 4.78 is 23.7. The van der Waals surface area contributed by atoms with Crippen molar-refractivity contribution in [3.05, 3.63) is 17.0 Å². The standard InChI is InChI=1S/C8H15N3O2S2/c1-9-5-7-4-8(14-6-7)15(12,13)10-11(2)3/h4,6,9-10H,5H2,1-3H3. The van der Waals surface area contributed by atoms with Crippen molar-refractivity contribution in [1.82, 2.24) is 15.2 Å². The summed E-state index contributed by atoms with van der Waals surface area (Å²) in [5.41, 5.74) is 0.974. The molecule has 0 spiro atoms. The quantitative estimate of drug-likeness (QED) is 0.733. The molecule has 86 valence electrons. The lowest BCUT2D eigenvalue weighted by molar-refractivity contribution is 0.364. The zero-order valence-electron chi connectivity index (χ0n) is 8.94. The molecule has 1 rings (SSSR count). The molecule has 0 bridgehead atoms. The highest BCUT2D eigenvalue weighted by molar-refractivity contribution is 7.91. The van der Waals surface area contributed by atoms with Crippen LogP contribution >= 0.6 is 11.3 Å². The maximum atomic E-state index is 11.7. The number of hydrazine groups is 1. The second kappa shape index (κ2) is 5.04. The van der Waals surface area contributed by atoms with Gasteiger partial charge in [-0.2, -0.15) is 0 Å². The Bertz CT molecular complexity index is 411. The Morgan fingerprint density at radius 1 is 1.47 bits per heavy atom. The molecule has 0 aliphatic heterocycles. The SMILES string of the molecule is CNCc1csc(S(=O)(=O)NN(C)C)c1. The first-order chi connectivity index (χ1) is 6.95. The van der Waals surface area contributed by atoms with Crippen LogP contribution in [0.5, 0.6) is 0 Å². The smallest absolute Gasteiger partial charge is 0.262 e. The van der Waals surface area contributed by atoms with Crippen molar-refractivity contribution in [2.45, 2.75) is 10.8 Å². The summed E-state index contributed by atoms with van der Waals surface area (Å²) in [4.78, 5) is 2.39. The van der Waals surface area contributed by atoms with Crippen LogP contribution in [-0.2, 0) is 16.6 Å². The molecule has 0 aliphatic rings. The monoisotopic (exact) mass is 249 g/mol. The van der Waals surface area contributed by atoms with Crippen LogP contribution in [0.4, 0.5) is 0 Å². The van der Waals surface area contributed by atoms with E-state index < -0.39 is 10.0 Å². The average molecular weight is 249 g/mol. The van der Waals surface area contributed by atoms with Crippen molar-refractivity contribution in [2.75, 3.05) is 21.1 Å². The van der Waals surface area contributed by atoms with Gasteiger partial charge in [-0.15, -0.1) is 16.2 Å². The van der Waals surface area contributed by atoms with E-state index in [-0.39, 0.29) is 0 Å². The fraction of sp³-hybridized carbons (Fsp3) is 0.500.